The number of nitrogens with zero attached hydrogens (tertiary/aromatic N) is 1. The smallest absolute Gasteiger partial charge is 0.251 e. The molecule has 0 aliphatic carbocycles. The van der Waals surface area contributed by atoms with Gasteiger partial charge in [-0.05, 0) is 35.9 Å². The molecule has 5 nitrogen and oxygen atoms in total. The van der Waals surface area contributed by atoms with E-state index < -0.39 is 0 Å². The summed E-state index contributed by atoms with van der Waals surface area (Å²) < 4.78 is 14.0. The molecule has 0 atom stereocenters. The minimum Gasteiger partial charge on any atom is -0.355 e. The molecule has 2 rings (SSSR count). The second-order valence-corrected chi connectivity index (χ2v) is 6.16. The fourth-order valence-corrected chi connectivity index (χ4v) is 2.54. The Morgan fingerprint density at radius 1 is 1.08 bits per heavy atom. The van der Waals surface area contributed by atoms with Crippen molar-refractivity contribution < 1.29 is 9.18 Å². The number of nitrogens with one attached hydrogen (secondary N) is 3. The first-order valence-corrected chi connectivity index (χ1v) is 8.60. The number of benzene rings is 2. The molecule has 140 valence electrons. The highest BCUT2D eigenvalue weighted by molar-refractivity contribution is 14.0. The number of halogens is 3. The summed E-state index contributed by atoms with van der Waals surface area (Å²) in [5.74, 6) is 0.185. The predicted molar refractivity (Wildman–Crippen MR) is 116 cm³/mol. The molecule has 1 amide bonds. The number of hydrogen-bond acceptors (Lipinski definition) is 2. The molecule has 0 spiro atoms. The third-order valence-corrected chi connectivity index (χ3v) is 3.86. The lowest BCUT2D eigenvalue weighted by Crippen LogP contribution is -2.41. The number of guanidine groups is 1. The van der Waals surface area contributed by atoms with Crippen LogP contribution >= 0.6 is 39.9 Å². The fraction of sp³-hybridized carbons (Fsp3) is 0.222. The summed E-state index contributed by atoms with van der Waals surface area (Å²) in [5.41, 5.74) is 1.42. The lowest BCUT2D eigenvalue weighted by atomic mass is 10.2. The molecule has 0 bridgehead atoms. The van der Waals surface area contributed by atoms with Gasteiger partial charge < -0.3 is 16.0 Å². The van der Waals surface area contributed by atoms with Crippen LogP contribution in [0, 0.1) is 5.82 Å². The Kier molecular flexibility index (Phi) is 10.2. The van der Waals surface area contributed by atoms with Gasteiger partial charge in [-0.25, -0.2) is 4.39 Å². The highest BCUT2D eigenvalue weighted by Crippen LogP contribution is 2.11. The average Bonchev–Trinajstić information content (AvgIpc) is 2.61. The van der Waals surface area contributed by atoms with Crippen molar-refractivity contribution >= 4 is 51.8 Å². The zero-order valence-corrected chi connectivity index (χ0v) is 18.2. The fourth-order valence-electron chi connectivity index (χ4n) is 2.14. The first-order valence-electron chi connectivity index (χ1n) is 7.81. The molecule has 0 aromatic heterocycles. The molecule has 0 fully saturated rings. The van der Waals surface area contributed by atoms with Gasteiger partial charge in [0, 0.05) is 36.7 Å². The summed E-state index contributed by atoms with van der Waals surface area (Å²) >= 11 is 3.34. The lowest BCUT2D eigenvalue weighted by Gasteiger charge is -2.12. The van der Waals surface area contributed by atoms with Gasteiger partial charge in [0.2, 0.25) is 0 Å². The Hall–Kier alpha value is -1.68. The van der Waals surface area contributed by atoms with E-state index in [-0.39, 0.29) is 35.7 Å². The van der Waals surface area contributed by atoms with Crippen molar-refractivity contribution in [2.24, 2.45) is 4.99 Å². The van der Waals surface area contributed by atoms with Crippen molar-refractivity contribution in [3.63, 3.8) is 0 Å². The molecule has 2 aromatic carbocycles. The van der Waals surface area contributed by atoms with Crippen LogP contribution in [0.15, 0.2) is 58.0 Å². The molecule has 3 N–H and O–H groups in total. The maximum absolute atomic E-state index is 13.1. The SMILES string of the molecule is CN=C(NCCNC(=O)c1cccc(Br)c1)NCc1cccc(F)c1.I. The largest absolute Gasteiger partial charge is 0.355 e. The Morgan fingerprint density at radius 2 is 1.81 bits per heavy atom. The number of rotatable bonds is 6. The molecule has 0 heterocycles. The van der Waals surface area contributed by atoms with Crippen LogP contribution in [-0.2, 0) is 6.54 Å². The van der Waals surface area contributed by atoms with Crippen LogP contribution in [0.1, 0.15) is 15.9 Å². The Bertz CT molecular complexity index is 757. The second kappa shape index (κ2) is 11.8. The topological polar surface area (TPSA) is 65.5 Å². The molecule has 2 aromatic rings. The summed E-state index contributed by atoms with van der Waals surface area (Å²) in [6.45, 7) is 1.43. The van der Waals surface area contributed by atoms with Crippen molar-refractivity contribution in [2.75, 3.05) is 20.1 Å². The van der Waals surface area contributed by atoms with Gasteiger partial charge in [-0.3, -0.25) is 9.79 Å². The molecule has 0 saturated heterocycles. The van der Waals surface area contributed by atoms with Crippen LogP contribution in [0.3, 0.4) is 0 Å². The van der Waals surface area contributed by atoms with Crippen LogP contribution in [0.4, 0.5) is 4.39 Å². The molecule has 0 aliphatic heterocycles. The van der Waals surface area contributed by atoms with Crippen molar-refractivity contribution in [3.8, 4) is 0 Å². The highest BCUT2D eigenvalue weighted by atomic mass is 127. The van der Waals surface area contributed by atoms with Crippen molar-refractivity contribution in [1.29, 1.82) is 0 Å². The summed E-state index contributed by atoms with van der Waals surface area (Å²) in [7, 11) is 1.65. The van der Waals surface area contributed by atoms with Crippen molar-refractivity contribution in [3.05, 3.63) is 69.9 Å². The van der Waals surface area contributed by atoms with E-state index in [0.29, 0.717) is 31.2 Å². The van der Waals surface area contributed by atoms with Gasteiger partial charge >= 0.3 is 0 Å². The third-order valence-electron chi connectivity index (χ3n) is 3.36. The summed E-state index contributed by atoms with van der Waals surface area (Å²) in [5, 5.41) is 9.02. The van der Waals surface area contributed by atoms with Gasteiger partial charge in [0.1, 0.15) is 5.82 Å². The van der Waals surface area contributed by atoms with Crippen LogP contribution in [-0.4, -0.2) is 32.0 Å². The number of hydrogen-bond donors (Lipinski definition) is 3. The van der Waals surface area contributed by atoms with Gasteiger partial charge in [-0.1, -0.05) is 34.1 Å². The summed E-state index contributed by atoms with van der Waals surface area (Å²) in [6, 6.07) is 13.6. The molecule has 8 heteroatoms. The minimum atomic E-state index is -0.266. The second-order valence-electron chi connectivity index (χ2n) is 5.25. The van der Waals surface area contributed by atoms with Crippen molar-refractivity contribution in [1.82, 2.24) is 16.0 Å². The third kappa shape index (κ3) is 7.69. The zero-order valence-electron chi connectivity index (χ0n) is 14.3. The standard InChI is InChI=1S/C18H20BrFN4O.HI/c1-21-18(24-12-13-4-2-7-16(20)10-13)23-9-8-22-17(25)14-5-3-6-15(19)11-14;/h2-7,10-11H,8-9,12H2,1H3,(H,22,25)(H2,21,23,24);1H. The van der Waals surface area contributed by atoms with Gasteiger partial charge in [-0.15, -0.1) is 24.0 Å². The average molecular weight is 535 g/mol. The van der Waals surface area contributed by atoms with E-state index in [9.17, 15) is 9.18 Å². The maximum Gasteiger partial charge on any atom is 0.251 e. The maximum atomic E-state index is 13.1. The molecule has 0 radical (unpaired) electrons. The quantitative estimate of drug-likeness (QED) is 0.230. The van der Waals surface area contributed by atoms with Crippen LogP contribution in [0.5, 0.6) is 0 Å². The number of carbonyl (C=O) groups is 1. The van der Waals surface area contributed by atoms with Crippen LogP contribution in [0.25, 0.3) is 0 Å². The highest BCUT2D eigenvalue weighted by Gasteiger charge is 2.05. The Labute approximate surface area is 178 Å². The Morgan fingerprint density at radius 3 is 2.50 bits per heavy atom. The monoisotopic (exact) mass is 534 g/mol. The van der Waals surface area contributed by atoms with E-state index in [0.717, 1.165) is 10.0 Å². The van der Waals surface area contributed by atoms with Crippen LogP contribution in [0.2, 0.25) is 0 Å². The molecule has 0 aliphatic rings. The lowest BCUT2D eigenvalue weighted by molar-refractivity contribution is 0.0954. The normalized spacial score (nSPS) is 10.7. The molecule has 26 heavy (non-hydrogen) atoms. The van der Waals surface area contributed by atoms with E-state index in [1.165, 1.54) is 12.1 Å². The number of carbonyl (C=O) groups excluding carboxylic acids is 1. The van der Waals surface area contributed by atoms with Gasteiger partial charge in [-0.2, -0.15) is 0 Å². The minimum absolute atomic E-state index is 0. The van der Waals surface area contributed by atoms with E-state index in [1.54, 1.807) is 25.2 Å². The number of aliphatic imine (C=N–C) groups is 1. The summed E-state index contributed by atoms with van der Waals surface area (Å²) in [4.78, 5) is 16.1. The van der Waals surface area contributed by atoms with Crippen LogP contribution < -0.4 is 16.0 Å². The summed E-state index contributed by atoms with van der Waals surface area (Å²) in [6.07, 6.45) is 0. The Balaban J connectivity index is 0.00000338. The zero-order chi connectivity index (χ0) is 18.1. The van der Waals surface area contributed by atoms with Gasteiger partial charge in [0.05, 0.1) is 0 Å². The first-order chi connectivity index (χ1) is 12.1. The van der Waals surface area contributed by atoms with E-state index >= 15 is 0 Å². The van der Waals surface area contributed by atoms with Gasteiger partial charge in [0.15, 0.2) is 5.96 Å². The first kappa shape index (κ1) is 22.4. The molecule has 0 saturated carbocycles. The van der Waals surface area contributed by atoms with E-state index in [2.05, 4.69) is 36.9 Å². The van der Waals surface area contributed by atoms with E-state index in [1.807, 2.05) is 18.2 Å². The number of amides is 1. The molecule has 0 unspecified atom stereocenters. The molecular formula is C18H21BrFIN4O. The van der Waals surface area contributed by atoms with E-state index in [4.69, 9.17) is 0 Å². The molecular weight excluding hydrogens is 514 g/mol. The predicted octanol–water partition coefficient (Wildman–Crippen LogP) is 3.30. The van der Waals surface area contributed by atoms with Crippen molar-refractivity contribution in [2.45, 2.75) is 6.54 Å². The van der Waals surface area contributed by atoms with Gasteiger partial charge in [0.25, 0.3) is 5.91 Å².